The summed E-state index contributed by atoms with van der Waals surface area (Å²) >= 11 is 0. The third kappa shape index (κ3) is 4.19. The maximum absolute atomic E-state index is 13.2. The number of halogens is 1. The highest BCUT2D eigenvalue weighted by Gasteiger charge is 2.43. The highest BCUT2D eigenvalue weighted by atomic mass is 35.5. The summed E-state index contributed by atoms with van der Waals surface area (Å²) in [6.45, 7) is 1.35. The van der Waals surface area contributed by atoms with Crippen LogP contribution in [0.2, 0.25) is 0 Å². The first-order valence-corrected chi connectivity index (χ1v) is 11.1. The summed E-state index contributed by atoms with van der Waals surface area (Å²) in [7, 11) is -3.69. The van der Waals surface area contributed by atoms with E-state index in [1.54, 1.807) is 35.2 Å². The predicted octanol–water partition coefficient (Wildman–Crippen LogP) is 2.21. The van der Waals surface area contributed by atoms with Crippen molar-refractivity contribution in [1.29, 1.82) is 0 Å². The zero-order chi connectivity index (χ0) is 19.7. The maximum atomic E-state index is 13.2. The van der Waals surface area contributed by atoms with E-state index in [9.17, 15) is 13.2 Å². The molecule has 6 nitrogen and oxygen atoms in total. The van der Waals surface area contributed by atoms with Gasteiger partial charge in [0.15, 0.2) is 0 Å². The fourth-order valence-electron chi connectivity index (χ4n) is 4.28. The Hall–Kier alpha value is -1.93. The second kappa shape index (κ2) is 8.83. The minimum atomic E-state index is -3.69. The van der Waals surface area contributed by atoms with Crippen molar-refractivity contribution in [3.8, 4) is 0 Å². The van der Waals surface area contributed by atoms with Crippen LogP contribution < -0.4 is 5.73 Å². The number of carbonyl (C=O) groups is 1. The van der Waals surface area contributed by atoms with Gasteiger partial charge in [-0.3, -0.25) is 4.79 Å². The monoisotopic (exact) mass is 435 g/mol. The molecule has 2 heterocycles. The lowest BCUT2D eigenvalue weighted by molar-refractivity contribution is -0.133. The number of hydrogen-bond acceptors (Lipinski definition) is 4. The van der Waals surface area contributed by atoms with Crippen molar-refractivity contribution in [3.63, 3.8) is 0 Å². The number of likely N-dealkylation sites (tertiary alicyclic amines) is 1. The first-order valence-electron chi connectivity index (χ1n) is 9.64. The van der Waals surface area contributed by atoms with Crippen LogP contribution in [0.3, 0.4) is 0 Å². The molecule has 3 atom stereocenters. The summed E-state index contributed by atoms with van der Waals surface area (Å²) in [6.07, 6.45) is 1.23. The van der Waals surface area contributed by atoms with E-state index in [2.05, 4.69) is 0 Å². The van der Waals surface area contributed by atoms with Crippen molar-refractivity contribution in [3.05, 3.63) is 66.2 Å². The Morgan fingerprint density at radius 1 is 0.966 bits per heavy atom. The summed E-state index contributed by atoms with van der Waals surface area (Å²) < 4.78 is 27.5. The average molecular weight is 436 g/mol. The zero-order valence-corrected chi connectivity index (χ0v) is 17.7. The summed E-state index contributed by atoms with van der Waals surface area (Å²) in [5.74, 6) is -0.0587. The van der Waals surface area contributed by atoms with Crippen LogP contribution in [0.5, 0.6) is 0 Å². The zero-order valence-electron chi connectivity index (χ0n) is 16.1. The van der Waals surface area contributed by atoms with Crippen molar-refractivity contribution in [1.82, 2.24) is 9.21 Å². The second-order valence-corrected chi connectivity index (χ2v) is 9.40. The summed E-state index contributed by atoms with van der Waals surface area (Å²) in [6, 6.07) is 17.5. The largest absolute Gasteiger partial charge is 0.339 e. The van der Waals surface area contributed by atoms with Crippen LogP contribution in [-0.2, 0) is 14.8 Å². The quantitative estimate of drug-likeness (QED) is 0.798. The lowest BCUT2D eigenvalue weighted by atomic mass is 9.95. The van der Waals surface area contributed by atoms with Gasteiger partial charge in [-0.05, 0) is 30.5 Å². The fraction of sp³-hybridized carbons (Fsp3) is 0.381. The van der Waals surface area contributed by atoms with Gasteiger partial charge in [0.2, 0.25) is 15.9 Å². The first kappa shape index (κ1) is 21.8. The summed E-state index contributed by atoms with van der Waals surface area (Å²) in [4.78, 5) is 15.2. The first-order chi connectivity index (χ1) is 13.5. The maximum Gasteiger partial charge on any atom is 0.243 e. The molecule has 8 heteroatoms. The average Bonchev–Trinajstić information content (AvgIpc) is 3.36. The van der Waals surface area contributed by atoms with Gasteiger partial charge in [0.05, 0.1) is 4.90 Å². The lowest BCUT2D eigenvalue weighted by Crippen LogP contribution is -2.47. The van der Waals surface area contributed by atoms with Gasteiger partial charge in [-0.2, -0.15) is 4.31 Å². The molecule has 1 unspecified atom stereocenters. The van der Waals surface area contributed by atoms with Crippen molar-refractivity contribution in [2.45, 2.75) is 35.7 Å². The molecule has 0 saturated carbocycles. The van der Waals surface area contributed by atoms with E-state index in [4.69, 9.17) is 5.73 Å². The van der Waals surface area contributed by atoms with Gasteiger partial charge in [0.1, 0.15) is 6.04 Å². The third-order valence-corrected chi connectivity index (χ3v) is 7.67. The number of carbonyl (C=O) groups excluding carboxylic acids is 1. The number of nitrogens with two attached hydrogens (primary N) is 1. The number of nitrogens with zero attached hydrogens (tertiary/aromatic N) is 2. The molecule has 0 aliphatic carbocycles. The van der Waals surface area contributed by atoms with Gasteiger partial charge in [-0.1, -0.05) is 48.5 Å². The van der Waals surface area contributed by atoms with E-state index in [1.165, 1.54) is 4.31 Å². The summed E-state index contributed by atoms with van der Waals surface area (Å²) in [5.41, 5.74) is 7.44. The normalized spacial score (nSPS) is 25.0. The van der Waals surface area contributed by atoms with Crippen molar-refractivity contribution >= 4 is 28.3 Å². The molecule has 2 aromatic carbocycles. The molecule has 2 aromatic rings. The Labute approximate surface area is 178 Å². The Bertz CT molecular complexity index is 940. The van der Waals surface area contributed by atoms with Crippen LogP contribution in [0.15, 0.2) is 65.6 Å². The predicted molar refractivity (Wildman–Crippen MR) is 114 cm³/mol. The van der Waals surface area contributed by atoms with Crippen molar-refractivity contribution in [2.24, 2.45) is 5.73 Å². The van der Waals surface area contributed by atoms with Crippen LogP contribution >= 0.6 is 12.4 Å². The SMILES string of the molecule is Cl.N[C@@H]1CN(C(=O)C2CCCN2S(=O)(=O)c2ccccc2)C[C@H]1c1ccccc1. The third-order valence-electron chi connectivity index (χ3n) is 5.74. The van der Waals surface area contributed by atoms with E-state index in [1.807, 2.05) is 30.3 Å². The van der Waals surface area contributed by atoms with E-state index in [0.717, 1.165) is 5.56 Å². The second-order valence-electron chi connectivity index (χ2n) is 7.51. The van der Waals surface area contributed by atoms with E-state index in [-0.39, 0.29) is 35.2 Å². The van der Waals surface area contributed by atoms with Crippen LogP contribution in [0.4, 0.5) is 0 Å². The van der Waals surface area contributed by atoms with E-state index >= 15 is 0 Å². The molecule has 0 radical (unpaired) electrons. The smallest absolute Gasteiger partial charge is 0.243 e. The Morgan fingerprint density at radius 3 is 2.24 bits per heavy atom. The van der Waals surface area contributed by atoms with Gasteiger partial charge < -0.3 is 10.6 Å². The van der Waals surface area contributed by atoms with Crippen LogP contribution in [0.1, 0.15) is 24.3 Å². The van der Waals surface area contributed by atoms with Crippen molar-refractivity contribution < 1.29 is 13.2 Å². The Kier molecular flexibility index (Phi) is 6.63. The van der Waals surface area contributed by atoms with Gasteiger partial charge in [-0.15, -0.1) is 12.4 Å². The molecule has 29 heavy (non-hydrogen) atoms. The fourth-order valence-corrected chi connectivity index (χ4v) is 5.95. The van der Waals surface area contributed by atoms with Crippen LogP contribution in [0.25, 0.3) is 0 Å². The highest BCUT2D eigenvalue weighted by molar-refractivity contribution is 7.89. The molecule has 2 fully saturated rings. The van der Waals surface area contributed by atoms with Crippen LogP contribution in [0, 0.1) is 0 Å². The molecular formula is C21H26ClN3O3S. The Balaban J connectivity index is 0.00000240. The van der Waals surface area contributed by atoms with Gasteiger partial charge in [0, 0.05) is 31.6 Å². The van der Waals surface area contributed by atoms with E-state index in [0.29, 0.717) is 32.5 Å². The van der Waals surface area contributed by atoms with Gasteiger partial charge in [0.25, 0.3) is 0 Å². The summed E-state index contributed by atoms with van der Waals surface area (Å²) in [5, 5.41) is 0. The molecule has 4 rings (SSSR count). The number of sulfonamides is 1. The molecule has 2 aliphatic heterocycles. The number of hydrogen-bond donors (Lipinski definition) is 1. The number of rotatable bonds is 4. The lowest BCUT2D eigenvalue weighted by Gasteiger charge is -2.27. The molecule has 0 bridgehead atoms. The molecule has 2 N–H and O–H groups in total. The molecule has 0 aromatic heterocycles. The van der Waals surface area contributed by atoms with Crippen molar-refractivity contribution in [2.75, 3.05) is 19.6 Å². The Morgan fingerprint density at radius 2 is 1.59 bits per heavy atom. The molecule has 0 spiro atoms. The minimum absolute atomic E-state index is 0. The molecule has 1 amide bonds. The number of amides is 1. The topological polar surface area (TPSA) is 83.7 Å². The molecular weight excluding hydrogens is 410 g/mol. The van der Waals surface area contributed by atoms with Gasteiger partial charge in [-0.25, -0.2) is 8.42 Å². The van der Waals surface area contributed by atoms with Crippen LogP contribution in [-0.4, -0.2) is 55.2 Å². The number of benzene rings is 2. The standard InChI is InChI=1S/C21H25N3O3S.ClH/c22-19-15-23(14-18(19)16-8-3-1-4-9-16)21(25)20-12-7-13-24(20)28(26,27)17-10-5-2-6-11-17;/h1-6,8-11,18-20H,7,12-15,22H2;1H/t18-,19+,20?;/m0./s1. The minimum Gasteiger partial charge on any atom is -0.339 e. The molecule has 156 valence electrons. The molecule has 2 saturated heterocycles. The van der Waals surface area contributed by atoms with Gasteiger partial charge >= 0.3 is 0 Å². The van der Waals surface area contributed by atoms with E-state index < -0.39 is 16.1 Å². The molecule has 2 aliphatic rings. The highest BCUT2D eigenvalue weighted by Crippen LogP contribution is 2.31.